The predicted molar refractivity (Wildman–Crippen MR) is 94.0 cm³/mol. The van der Waals surface area contributed by atoms with E-state index >= 15 is 0 Å². The number of carbonyl (C=O) groups is 1. The van der Waals surface area contributed by atoms with Gasteiger partial charge in [0.05, 0.1) is 24.6 Å². The molecular formula is C18H23N5O3. The average molecular weight is 357 g/mol. The second-order valence-electron chi connectivity index (χ2n) is 6.74. The van der Waals surface area contributed by atoms with Crippen molar-refractivity contribution in [1.29, 1.82) is 0 Å². The van der Waals surface area contributed by atoms with Gasteiger partial charge in [0.25, 0.3) is 5.91 Å². The Morgan fingerprint density at radius 2 is 2.38 bits per heavy atom. The second kappa shape index (κ2) is 7.41. The minimum atomic E-state index is -0.215. The number of amides is 1. The van der Waals surface area contributed by atoms with Crippen LogP contribution in [0.3, 0.4) is 0 Å². The van der Waals surface area contributed by atoms with Crippen LogP contribution < -0.4 is 10.2 Å². The minimum Gasteiger partial charge on any atom is -0.376 e. The van der Waals surface area contributed by atoms with Crippen LogP contribution in [0.15, 0.2) is 16.8 Å². The lowest BCUT2D eigenvalue weighted by atomic mass is 10.1. The molecule has 8 heteroatoms. The van der Waals surface area contributed by atoms with Crippen LogP contribution in [-0.4, -0.2) is 46.8 Å². The molecule has 26 heavy (non-hydrogen) atoms. The summed E-state index contributed by atoms with van der Waals surface area (Å²) in [6.45, 7) is 4.85. The fraction of sp³-hybridized carbons (Fsp3) is 0.556. The van der Waals surface area contributed by atoms with Crippen LogP contribution >= 0.6 is 0 Å². The van der Waals surface area contributed by atoms with E-state index in [9.17, 15) is 4.79 Å². The number of rotatable bonds is 4. The van der Waals surface area contributed by atoms with Crippen LogP contribution in [-0.2, 0) is 24.2 Å². The summed E-state index contributed by atoms with van der Waals surface area (Å²) in [5, 5.41) is 6.92. The van der Waals surface area contributed by atoms with Crippen LogP contribution in [0.25, 0.3) is 0 Å². The summed E-state index contributed by atoms with van der Waals surface area (Å²) in [7, 11) is 0. The molecule has 0 saturated carbocycles. The summed E-state index contributed by atoms with van der Waals surface area (Å²) >= 11 is 0. The van der Waals surface area contributed by atoms with Crippen molar-refractivity contribution in [2.24, 2.45) is 0 Å². The summed E-state index contributed by atoms with van der Waals surface area (Å²) in [6, 6.07) is 1.74. The molecule has 0 aromatic carbocycles. The van der Waals surface area contributed by atoms with E-state index in [0.29, 0.717) is 19.8 Å². The van der Waals surface area contributed by atoms with E-state index in [1.807, 2.05) is 13.1 Å². The van der Waals surface area contributed by atoms with Crippen LogP contribution in [0.2, 0.25) is 0 Å². The summed E-state index contributed by atoms with van der Waals surface area (Å²) in [4.78, 5) is 23.7. The third kappa shape index (κ3) is 3.55. The third-order valence-electron chi connectivity index (χ3n) is 4.87. The van der Waals surface area contributed by atoms with E-state index in [1.54, 1.807) is 6.07 Å². The number of anilines is 1. The number of aromatic nitrogens is 3. The molecule has 1 atom stereocenters. The first-order valence-corrected chi connectivity index (χ1v) is 9.17. The Balaban J connectivity index is 1.41. The zero-order valence-electron chi connectivity index (χ0n) is 14.9. The van der Waals surface area contributed by atoms with Gasteiger partial charge in [-0.3, -0.25) is 4.79 Å². The van der Waals surface area contributed by atoms with Gasteiger partial charge >= 0.3 is 0 Å². The third-order valence-corrected chi connectivity index (χ3v) is 4.87. The number of hydrogen-bond acceptors (Lipinski definition) is 7. The van der Waals surface area contributed by atoms with E-state index < -0.39 is 0 Å². The van der Waals surface area contributed by atoms with E-state index in [0.717, 1.165) is 55.1 Å². The molecule has 0 aliphatic carbocycles. The number of hydrogen-bond donors (Lipinski definition) is 1. The number of ether oxygens (including phenoxy) is 1. The maximum atomic E-state index is 12.4. The van der Waals surface area contributed by atoms with Crippen molar-refractivity contribution in [3.05, 3.63) is 35.0 Å². The van der Waals surface area contributed by atoms with E-state index in [2.05, 4.69) is 20.4 Å². The number of nitrogens with zero attached hydrogens (tertiary/aromatic N) is 4. The number of fused-ring (bicyclic) bond motifs is 1. The van der Waals surface area contributed by atoms with Crippen molar-refractivity contribution in [2.45, 2.75) is 45.3 Å². The molecule has 0 spiro atoms. The van der Waals surface area contributed by atoms with Crippen LogP contribution in [0.5, 0.6) is 0 Å². The van der Waals surface area contributed by atoms with Crippen molar-refractivity contribution >= 4 is 11.9 Å². The van der Waals surface area contributed by atoms with Crippen molar-refractivity contribution in [1.82, 2.24) is 20.4 Å². The molecule has 2 aromatic rings. The van der Waals surface area contributed by atoms with E-state index in [4.69, 9.17) is 14.2 Å². The van der Waals surface area contributed by atoms with Gasteiger partial charge in [-0.2, -0.15) is 0 Å². The normalized spacial score (nSPS) is 19.9. The number of piperidine rings is 1. The first-order valence-electron chi connectivity index (χ1n) is 9.17. The second-order valence-corrected chi connectivity index (χ2v) is 6.74. The van der Waals surface area contributed by atoms with E-state index in [1.165, 1.54) is 0 Å². The molecule has 8 nitrogen and oxygen atoms in total. The molecule has 0 bridgehead atoms. The van der Waals surface area contributed by atoms with Gasteiger partial charge in [-0.25, -0.2) is 9.97 Å². The van der Waals surface area contributed by atoms with Crippen molar-refractivity contribution in [2.75, 3.05) is 24.6 Å². The molecule has 1 amide bonds. The molecule has 4 rings (SSSR count). The molecule has 138 valence electrons. The molecule has 2 aromatic heterocycles. The lowest BCUT2D eigenvalue weighted by molar-refractivity contribution is 0.0895. The summed E-state index contributed by atoms with van der Waals surface area (Å²) in [5.41, 5.74) is 2.92. The molecule has 2 aliphatic heterocycles. The first-order chi connectivity index (χ1) is 12.7. The number of aryl methyl sites for hydroxylation is 1. The van der Waals surface area contributed by atoms with Gasteiger partial charge in [0.15, 0.2) is 0 Å². The Hall–Kier alpha value is -2.48. The standard InChI is InChI=1S/C18H23N5O3/c1-2-13-8-16(26-22-13)17(24)20-14-4-3-6-23(10-14)18-19-9-12-11-25-7-5-15(12)21-18/h8-9,14H,2-7,10-11H2,1H3,(H,20,24)/t14-/m1/s1. The molecule has 0 unspecified atom stereocenters. The van der Waals surface area contributed by atoms with Crippen molar-refractivity contribution < 1.29 is 14.1 Å². The van der Waals surface area contributed by atoms with Gasteiger partial charge in [-0.1, -0.05) is 12.1 Å². The molecular weight excluding hydrogens is 334 g/mol. The largest absolute Gasteiger partial charge is 0.376 e. The minimum absolute atomic E-state index is 0.0365. The smallest absolute Gasteiger partial charge is 0.290 e. The highest BCUT2D eigenvalue weighted by Gasteiger charge is 2.25. The Morgan fingerprint density at radius 1 is 1.46 bits per heavy atom. The highest BCUT2D eigenvalue weighted by atomic mass is 16.5. The highest BCUT2D eigenvalue weighted by molar-refractivity contribution is 5.91. The topological polar surface area (TPSA) is 93.4 Å². The van der Waals surface area contributed by atoms with Gasteiger partial charge in [-0.15, -0.1) is 0 Å². The summed E-state index contributed by atoms with van der Waals surface area (Å²) in [5.74, 6) is 0.786. The molecule has 0 radical (unpaired) electrons. The number of nitrogens with one attached hydrogen (secondary N) is 1. The molecule has 1 N–H and O–H groups in total. The Morgan fingerprint density at radius 3 is 3.23 bits per heavy atom. The monoisotopic (exact) mass is 357 g/mol. The molecule has 2 aliphatic rings. The van der Waals surface area contributed by atoms with Crippen LogP contribution in [0.1, 0.15) is 47.3 Å². The SMILES string of the molecule is CCc1cc(C(=O)N[C@@H]2CCCN(c3ncc4c(n3)CCOC4)C2)on1. The lowest BCUT2D eigenvalue weighted by Gasteiger charge is -2.33. The zero-order chi connectivity index (χ0) is 17.9. The van der Waals surface area contributed by atoms with Gasteiger partial charge in [0.2, 0.25) is 11.7 Å². The quantitative estimate of drug-likeness (QED) is 0.886. The van der Waals surface area contributed by atoms with Gasteiger partial charge in [0.1, 0.15) is 0 Å². The summed E-state index contributed by atoms with van der Waals surface area (Å²) < 4.78 is 10.6. The average Bonchev–Trinajstić information content (AvgIpc) is 3.17. The van der Waals surface area contributed by atoms with Gasteiger partial charge < -0.3 is 19.5 Å². The van der Waals surface area contributed by atoms with Gasteiger partial charge in [-0.05, 0) is 19.3 Å². The van der Waals surface area contributed by atoms with Gasteiger partial charge in [0, 0.05) is 43.4 Å². The van der Waals surface area contributed by atoms with Crippen LogP contribution in [0.4, 0.5) is 5.95 Å². The predicted octanol–water partition coefficient (Wildman–Crippen LogP) is 1.50. The van der Waals surface area contributed by atoms with Crippen molar-refractivity contribution in [3.8, 4) is 0 Å². The van der Waals surface area contributed by atoms with Crippen molar-refractivity contribution in [3.63, 3.8) is 0 Å². The fourth-order valence-corrected chi connectivity index (χ4v) is 3.39. The maximum absolute atomic E-state index is 12.4. The molecule has 4 heterocycles. The molecule has 1 saturated heterocycles. The van der Waals surface area contributed by atoms with E-state index in [-0.39, 0.29) is 17.7 Å². The Labute approximate surface area is 151 Å². The Kier molecular flexibility index (Phi) is 4.83. The highest BCUT2D eigenvalue weighted by Crippen LogP contribution is 2.20. The molecule has 1 fully saturated rings. The maximum Gasteiger partial charge on any atom is 0.290 e. The zero-order valence-corrected chi connectivity index (χ0v) is 14.9. The fourth-order valence-electron chi connectivity index (χ4n) is 3.39. The van der Waals surface area contributed by atoms with Crippen LogP contribution in [0, 0.1) is 0 Å². The number of carbonyl (C=O) groups excluding carboxylic acids is 1. The lowest BCUT2D eigenvalue weighted by Crippen LogP contribution is -2.48. The summed E-state index contributed by atoms with van der Waals surface area (Å²) in [6.07, 6.45) is 5.33. The first kappa shape index (κ1) is 17.0. The Bertz CT molecular complexity index is 791.